The van der Waals surface area contributed by atoms with Gasteiger partial charge < -0.3 is 0 Å². The molecule has 11 heavy (non-hydrogen) atoms. The Labute approximate surface area is 77.4 Å². The molecule has 1 aliphatic carbocycles. The lowest BCUT2D eigenvalue weighted by molar-refractivity contribution is 0.358. The fourth-order valence-electron chi connectivity index (χ4n) is 1.55. The van der Waals surface area contributed by atoms with E-state index in [0.29, 0.717) is 5.92 Å². The second kappa shape index (κ2) is 4.51. The van der Waals surface area contributed by atoms with Crippen molar-refractivity contribution in [2.45, 2.75) is 30.0 Å². The van der Waals surface area contributed by atoms with Crippen LogP contribution < -0.4 is 11.3 Å². The van der Waals surface area contributed by atoms with Crippen LogP contribution in [0.2, 0.25) is 0 Å². The Balaban J connectivity index is 2.41. The van der Waals surface area contributed by atoms with Crippen LogP contribution in [0.1, 0.15) is 19.3 Å². The molecule has 4 heteroatoms. The average molecular weight is 197 g/mol. The Hall–Kier alpha value is 0.500. The third-order valence-corrected chi connectivity index (χ3v) is 3.33. The Morgan fingerprint density at radius 3 is 2.27 bits per heavy atom. The van der Waals surface area contributed by atoms with E-state index in [9.17, 15) is 0 Å². The van der Waals surface area contributed by atoms with Gasteiger partial charge in [0.15, 0.2) is 0 Å². The van der Waals surface area contributed by atoms with E-state index < -0.39 is 0 Å². The highest BCUT2D eigenvalue weighted by molar-refractivity contribution is 6.24. The number of hydrogen-bond acceptors (Lipinski definition) is 2. The van der Waals surface area contributed by atoms with Gasteiger partial charge in [0.05, 0.1) is 0 Å². The maximum atomic E-state index is 6.08. The Bertz CT molecular complexity index is 111. The Morgan fingerprint density at radius 1 is 1.27 bits per heavy atom. The molecule has 1 rings (SSSR count). The molecular formula is C7H14Cl2N2. The van der Waals surface area contributed by atoms with E-state index in [4.69, 9.17) is 29.0 Å². The van der Waals surface area contributed by atoms with Gasteiger partial charge in [0.2, 0.25) is 0 Å². The van der Waals surface area contributed by atoms with Gasteiger partial charge in [-0.3, -0.25) is 11.3 Å². The van der Waals surface area contributed by atoms with E-state index >= 15 is 0 Å². The van der Waals surface area contributed by atoms with Gasteiger partial charge in [-0.25, -0.2) is 0 Å². The lowest BCUT2D eigenvalue weighted by Gasteiger charge is -2.31. The number of alkyl halides is 2. The molecule has 1 saturated carbocycles. The molecular weight excluding hydrogens is 183 g/mol. The van der Waals surface area contributed by atoms with Crippen LogP contribution >= 0.6 is 23.2 Å². The first kappa shape index (κ1) is 9.59. The standard InChI is InChI=1S/C7H14Cl2N2/c8-6-2-1-3-7(9)5(6)4-11-10/h5-7,11H,1-4,10H2. The molecule has 1 fully saturated rings. The van der Waals surface area contributed by atoms with E-state index in [1.165, 1.54) is 0 Å². The highest BCUT2D eigenvalue weighted by atomic mass is 35.5. The van der Waals surface area contributed by atoms with Gasteiger partial charge in [-0.05, 0) is 12.8 Å². The van der Waals surface area contributed by atoms with Gasteiger partial charge >= 0.3 is 0 Å². The molecule has 0 aromatic heterocycles. The lowest BCUT2D eigenvalue weighted by Crippen LogP contribution is -2.40. The highest BCUT2D eigenvalue weighted by Crippen LogP contribution is 2.31. The van der Waals surface area contributed by atoms with Crippen LogP contribution in [-0.4, -0.2) is 17.3 Å². The molecule has 0 heterocycles. The van der Waals surface area contributed by atoms with Crippen LogP contribution in [0.25, 0.3) is 0 Å². The van der Waals surface area contributed by atoms with Crippen LogP contribution in [0.4, 0.5) is 0 Å². The molecule has 66 valence electrons. The maximum Gasteiger partial charge on any atom is 0.0391 e. The van der Waals surface area contributed by atoms with Gasteiger partial charge in [-0.15, -0.1) is 23.2 Å². The molecule has 0 spiro atoms. The van der Waals surface area contributed by atoms with Crippen molar-refractivity contribution in [2.75, 3.05) is 6.54 Å². The third-order valence-electron chi connectivity index (χ3n) is 2.24. The first-order valence-corrected chi connectivity index (χ1v) is 4.84. The van der Waals surface area contributed by atoms with Crippen molar-refractivity contribution in [3.63, 3.8) is 0 Å². The summed E-state index contributed by atoms with van der Waals surface area (Å²) >= 11 is 12.2. The average Bonchev–Trinajstić information content (AvgIpc) is 1.97. The molecule has 0 aliphatic heterocycles. The van der Waals surface area contributed by atoms with Gasteiger partial charge in [0.1, 0.15) is 0 Å². The smallest absolute Gasteiger partial charge is 0.0391 e. The number of hydrazine groups is 1. The predicted molar refractivity (Wildman–Crippen MR) is 48.8 cm³/mol. The molecule has 2 atom stereocenters. The molecule has 0 radical (unpaired) electrons. The molecule has 0 aromatic carbocycles. The summed E-state index contributed by atoms with van der Waals surface area (Å²) in [6, 6.07) is 0. The fourth-order valence-corrected chi connectivity index (χ4v) is 2.47. The quantitative estimate of drug-likeness (QED) is 0.399. The lowest BCUT2D eigenvalue weighted by atomic mass is 9.88. The second-order valence-electron chi connectivity index (χ2n) is 3.03. The molecule has 0 aromatic rings. The molecule has 0 amide bonds. The molecule has 0 bridgehead atoms. The Morgan fingerprint density at radius 2 is 1.82 bits per heavy atom. The van der Waals surface area contributed by atoms with E-state index in [0.717, 1.165) is 25.8 Å². The first-order chi connectivity index (χ1) is 5.25. The second-order valence-corrected chi connectivity index (χ2v) is 4.16. The topological polar surface area (TPSA) is 38.0 Å². The van der Waals surface area contributed by atoms with Crippen LogP contribution in [0.15, 0.2) is 0 Å². The molecule has 2 nitrogen and oxygen atoms in total. The molecule has 3 N–H and O–H groups in total. The zero-order valence-electron chi connectivity index (χ0n) is 6.39. The zero-order chi connectivity index (χ0) is 8.27. The van der Waals surface area contributed by atoms with E-state index in [1.54, 1.807) is 0 Å². The van der Waals surface area contributed by atoms with E-state index in [-0.39, 0.29) is 10.8 Å². The van der Waals surface area contributed by atoms with Crippen molar-refractivity contribution >= 4 is 23.2 Å². The maximum absolute atomic E-state index is 6.08. The van der Waals surface area contributed by atoms with Gasteiger partial charge in [0, 0.05) is 23.2 Å². The van der Waals surface area contributed by atoms with Crippen molar-refractivity contribution in [1.29, 1.82) is 0 Å². The monoisotopic (exact) mass is 196 g/mol. The van der Waals surface area contributed by atoms with Crippen molar-refractivity contribution in [3.8, 4) is 0 Å². The normalized spacial score (nSPS) is 39.0. The van der Waals surface area contributed by atoms with Crippen molar-refractivity contribution in [2.24, 2.45) is 11.8 Å². The first-order valence-electron chi connectivity index (χ1n) is 3.97. The summed E-state index contributed by atoms with van der Waals surface area (Å²) in [6.07, 6.45) is 3.28. The van der Waals surface area contributed by atoms with Gasteiger partial charge in [-0.2, -0.15) is 0 Å². The summed E-state index contributed by atoms with van der Waals surface area (Å²) in [6.45, 7) is 0.725. The van der Waals surface area contributed by atoms with E-state index in [2.05, 4.69) is 5.43 Å². The van der Waals surface area contributed by atoms with Crippen molar-refractivity contribution in [1.82, 2.24) is 5.43 Å². The number of nitrogens with one attached hydrogen (secondary N) is 1. The molecule has 1 aliphatic rings. The summed E-state index contributed by atoms with van der Waals surface area (Å²) in [5.74, 6) is 5.55. The van der Waals surface area contributed by atoms with Crippen LogP contribution in [0.3, 0.4) is 0 Å². The summed E-state index contributed by atoms with van der Waals surface area (Å²) in [5.41, 5.74) is 2.63. The number of halogens is 2. The summed E-state index contributed by atoms with van der Waals surface area (Å²) in [4.78, 5) is 0. The van der Waals surface area contributed by atoms with Gasteiger partial charge in [-0.1, -0.05) is 6.42 Å². The summed E-state index contributed by atoms with van der Waals surface area (Å²) in [5, 5.41) is 0.393. The molecule has 0 saturated heterocycles. The number of nitrogens with two attached hydrogens (primary N) is 1. The SMILES string of the molecule is NNCC1C(Cl)CCCC1Cl. The fraction of sp³-hybridized carbons (Fsp3) is 1.00. The summed E-state index contributed by atoms with van der Waals surface area (Å²) < 4.78 is 0. The highest BCUT2D eigenvalue weighted by Gasteiger charge is 2.29. The minimum Gasteiger partial charge on any atom is -0.271 e. The van der Waals surface area contributed by atoms with Crippen LogP contribution in [-0.2, 0) is 0 Å². The number of rotatable bonds is 2. The third kappa shape index (κ3) is 2.48. The minimum absolute atomic E-state index is 0.197. The van der Waals surface area contributed by atoms with E-state index in [1.807, 2.05) is 0 Å². The van der Waals surface area contributed by atoms with Crippen molar-refractivity contribution in [3.05, 3.63) is 0 Å². The van der Waals surface area contributed by atoms with Crippen LogP contribution in [0.5, 0.6) is 0 Å². The predicted octanol–water partition coefficient (Wildman–Crippen LogP) is 1.46. The number of hydrogen-bond donors (Lipinski definition) is 2. The Kier molecular flexibility index (Phi) is 3.93. The van der Waals surface area contributed by atoms with Gasteiger partial charge in [0.25, 0.3) is 0 Å². The zero-order valence-corrected chi connectivity index (χ0v) is 7.91. The largest absolute Gasteiger partial charge is 0.271 e. The molecule has 2 unspecified atom stereocenters. The van der Waals surface area contributed by atoms with Crippen LogP contribution in [0, 0.1) is 5.92 Å². The minimum atomic E-state index is 0.197. The summed E-state index contributed by atoms with van der Waals surface area (Å²) in [7, 11) is 0. The van der Waals surface area contributed by atoms with Crippen molar-refractivity contribution < 1.29 is 0 Å².